The quantitative estimate of drug-likeness (QED) is 0.920. The summed E-state index contributed by atoms with van der Waals surface area (Å²) in [5.41, 5.74) is 0.461. The average molecular weight is 340 g/mol. The van der Waals surface area contributed by atoms with Crippen molar-refractivity contribution in [2.45, 2.75) is 25.4 Å². The first-order valence-electron chi connectivity index (χ1n) is 8.53. The molecule has 1 N–H and O–H groups in total. The molecular weight excluding hydrogens is 316 g/mol. The van der Waals surface area contributed by atoms with Crippen LogP contribution < -0.4 is 4.90 Å². The molecule has 1 amide bonds. The van der Waals surface area contributed by atoms with Gasteiger partial charge < -0.3 is 14.9 Å². The maximum atomic E-state index is 12.6. The van der Waals surface area contributed by atoms with Gasteiger partial charge >= 0.3 is 0 Å². The van der Waals surface area contributed by atoms with Crippen molar-refractivity contribution in [3.8, 4) is 0 Å². The smallest absolute Gasteiger partial charge is 0.255 e. The Kier molecular flexibility index (Phi) is 4.99. The van der Waals surface area contributed by atoms with Crippen molar-refractivity contribution in [3.63, 3.8) is 0 Å². The number of anilines is 1. The zero-order valence-electron chi connectivity index (χ0n) is 14.7. The summed E-state index contributed by atoms with van der Waals surface area (Å²) < 4.78 is 0. The number of aryl methyl sites for hydroxylation is 1. The maximum absolute atomic E-state index is 12.6. The Labute approximate surface area is 148 Å². The second kappa shape index (κ2) is 7.19. The van der Waals surface area contributed by atoms with Gasteiger partial charge in [-0.25, -0.2) is 4.98 Å². The maximum Gasteiger partial charge on any atom is 0.255 e. The Bertz CT molecular complexity index is 720. The molecule has 132 valence electrons. The van der Waals surface area contributed by atoms with Crippen LogP contribution in [-0.2, 0) is 0 Å². The first-order chi connectivity index (χ1) is 12.0. The minimum atomic E-state index is -0.946. The van der Waals surface area contributed by atoms with Crippen molar-refractivity contribution < 1.29 is 9.90 Å². The number of nitrogens with zero attached hydrogens (tertiary/aromatic N) is 4. The second-order valence-electron chi connectivity index (χ2n) is 6.79. The number of aliphatic hydroxyl groups is 1. The summed E-state index contributed by atoms with van der Waals surface area (Å²) in [4.78, 5) is 24.8. The van der Waals surface area contributed by atoms with Crippen molar-refractivity contribution in [1.29, 1.82) is 0 Å². The van der Waals surface area contributed by atoms with Crippen molar-refractivity contribution >= 4 is 11.7 Å². The predicted octanol–water partition coefficient (Wildman–Crippen LogP) is 1.89. The van der Waals surface area contributed by atoms with Gasteiger partial charge in [0.1, 0.15) is 5.82 Å². The summed E-state index contributed by atoms with van der Waals surface area (Å²) in [6, 6.07) is 9.35. The van der Waals surface area contributed by atoms with Crippen LogP contribution in [0.3, 0.4) is 0 Å². The topological polar surface area (TPSA) is 69.6 Å². The number of carbonyl (C=O) groups excluding carboxylic acids is 1. The summed E-state index contributed by atoms with van der Waals surface area (Å²) in [5, 5.41) is 11.0. The molecule has 1 atom stereocenters. The molecule has 1 fully saturated rings. The van der Waals surface area contributed by atoms with E-state index < -0.39 is 5.60 Å². The van der Waals surface area contributed by atoms with E-state index in [0.717, 1.165) is 24.5 Å². The molecule has 1 aliphatic heterocycles. The number of β-amino-alcohol motifs (C(OH)–C–C–N with tert-alkyl or cyclic N) is 1. The zero-order valence-corrected chi connectivity index (χ0v) is 14.7. The van der Waals surface area contributed by atoms with Gasteiger partial charge in [-0.1, -0.05) is 6.07 Å². The molecule has 3 heterocycles. The Balaban J connectivity index is 1.68. The first kappa shape index (κ1) is 17.4. The van der Waals surface area contributed by atoms with Crippen LogP contribution >= 0.6 is 0 Å². The third-order valence-electron chi connectivity index (χ3n) is 4.57. The summed E-state index contributed by atoms with van der Waals surface area (Å²) >= 11 is 0. The SMILES string of the molecule is Cc1ccc(C(=O)N(C)C[C@@]2(O)CCCN(c3ccccn3)C2)cn1. The molecule has 2 aromatic rings. The van der Waals surface area contributed by atoms with Crippen molar-refractivity contribution in [3.05, 3.63) is 54.0 Å². The fraction of sp³-hybridized carbons (Fsp3) is 0.421. The van der Waals surface area contributed by atoms with Crippen molar-refractivity contribution in [2.24, 2.45) is 0 Å². The lowest BCUT2D eigenvalue weighted by molar-refractivity contribution is -0.000144. The van der Waals surface area contributed by atoms with Crippen LogP contribution in [0.4, 0.5) is 5.82 Å². The fourth-order valence-corrected chi connectivity index (χ4v) is 3.31. The van der Waals surface area contributed by atoms with Crippen molar-refractivity contribution in [2.75, 3.05) is 31.6 Å². The number of amides is 1. The Morgan fingerprint density at radius 1 is 1.32 bits per heavy atom. The molecule has 0 aliphatic carbocycles. The van der Waals surface area contributed by atoms with E-state index in [4.69, 9.17) is 0 Å². The molecule has 1 aliphatic rings. The van der Waals surface area contributed by atoms with E-state index in [2.05, 4.69) is 14.9 Å². The molecule has 2 aromatic heterocycles. The zero-order chi connectivity index (χ0) is 17.9. The second-order valence-corrected chi connectivity index (χ2v) is 6.79. The molecule has 0 bridgehead atoms. The largest absolute Gasteiger partial charge is 0.386 e. The molecule has 0 aromatic carbocycles. The number of hydrogen-bond acceptors (Lipinski definition) is 5. The van der Waals surface area contributed by atoms with Gasteiger partial charge in [0.05, 0.1) is 17.7 Å². The third-order valence-corrected chi connectivity index (χ3v) is 4.57. The molecule has 25 heavy (non-hydrogen) atoms. The number of aromatic nitrogens is 2. The lowest BCUT2D eigenvalue weighted by Crippen LogP contribution is -2.54. The fourth-order valence-electron chi connectivity index (χ4n) is 3.31. The molecule has 1 saturated heterocycles. The van der Waals surface area contributed by atoms with Gasteiger partial charge in [0, 0.05) is 38.2 Å². The number of hydrogen-bond donors (Lipinski definition) is 1. The van der Waals surface area contributed by atoms with Gasteiger partial charge in [-0.3, -0.25) is 9.78 Å². The van der Waals surface area contributed by atoms with Crippen LogP contribution in [0, 0.1) is 6.92 Å². The number of pyridine rings is 2. The Morgan fingerprint density at radius 2 is 2.16 bits per heavy atom. The van der Waals surface area contributed by atoms with Gasteiger partial charge in [-0.05, 0) is 44.0 Å². The normalized spacial score (nSPS) is 20.4. The van der Waals surface area contributed by atoms with Crippen LogP contribution in [-0.4, -0.2) is 58.2 Å². The van der Waals surface area contributed by atoms with E-state index in [1.165, 1.54) is 0 Å². The van der Waals surface area contributed by atoms with Gasteiger partial charge in [-0.15, -0.1) is 0 Å². The van der Waals surface area contributed by atoms with Gasteiger partial charge in [0.2, 0.25) is 0 Å². The molecule has 6 heteroatoms. The number of carbonyl (C=O) groups is 1. The van der Waals surface area contributed by atoms with Crippen LogP contribution in [0.2, 0.25) is 0 Å². The highest BCUT2D eigenvalue weighted by molar-refractivity contribution is 5.93. The predicted molar refractivity (Wildman–Crippen MR) is 96.6 cm³/mol. The number of rotatable bonds is 4. The highest BCUT2D eigenvalue weighted by atomic mass is 16.3. The summed E-state index contributed by atoms with van der Waals surface area (Å²) in [7, 11) is 1.72. The molecule has 0 unspecified atom stereocenters. The van der Waals surface area contributed by atoms with E-state index >= 15 is 0 Å². The van der Waals surface area contributed by atoms with Crippen molar-refractivity contribution in [1.82, 2.24) is 14.9 Å². The molecule has 0 saturated carbocycles. The molecule has 6 nitrogen and oxygen atoms in total. The molecule has 0 radical (unpaired) electrons. The molecule has 0 spiro atoms. The monoisotopic (exact) mass is 340 g/mol. The van der Waals surface area contributed by atoms with Crippen LogP contribution in [0.15, 0.2) is 42.7 Å². The van der Waals surface area contributed by atoms with Crippen LogP contribution in [0.1, 0.15) is 28.9 Å². The number of piperidine rings is 1. The van der Waals surface area contributed by atoms with Gasteiger partial charge in [0.15, 0.2) is 0 Å². The summed E-state index contributed by atoms with van der Waals surface area (Å²) in [6.07, 6.45) is 4.86. The molecular formula is C19H24N4O2. The average Bonchev–Trinajstić information content (AvgIpc) is 2.62. The Hall–Kier alpha value is -2.47. The van der Waals surface area contributed by atoms with E-state index in [1.54, 1.807) is 30.4 Å². The third kappa shape index (κ3) is 4.14. The minimum Gasteiger partial charge on any atom is -0.386 e. The van der Waals surface area contributed by atoms with Crippen LogP contribution in [0.5, 0.6) is 0 Å². The highest BCUT2D eigenvalue weighted by Crippen LogP contribution is 2.25. The van der Waals surface area contributed by atoms with E-state index in [0.29, 0.717) is 18.5 Å². The van der Waals surface area contributed by atoms with E-state index in [9.17, 15) is 9.90 Å². The lowest BCUT2D eigenvalue weighted by atomic mass is 9.92. The number of likely N-dealkylation sites (N-methyl/N-ethyl adjacent to an activating group) is 1. The molecule has 3 rings (SSSR count). The van der Waals surface area contributed by atoms with E-state index in [1.807, 2.05) is 31.2 Å². The van der Waals surface area contributed by atoms with Gasteiger partial charge in [0.25, 0.3) is 5.91 Å². The van der Waals surface area contributed by atoms with E-state index in [-0.39, 0.29) is 12.5 Å². The standard InChI is InChI=1S/C19H24N4O2/c1-15-7-8-16(12-21-15)18(24)22(2)13-19(25)9-5-11-23(14-19)17-6-3-4-10-20-17/h3-4,6-8,10,12,25H,5,9,11,13-14H2,1-2H3/t19-/m0/s1. The lowest BCUT2D eigenvalue weighted by Gasteiger charge is -2.41. The van der Waals surface area contributed by atoms with Crippen LogP contribution in [0.25, 0.3) is 0 Å². The Morgan fingerprint density at radius 3 is 2.84 bits per heavy atom. The first-order valence-corrected chi connectivity index (χ1v) is 8.53. The summed E-state index contributed by atoms with van der Waals surface area (Å²) in [5.74, 6) is 0.730. The van der Waals surface area contributed by atoms with Gasteiger partial charge in [-0.2, -0.15) is 0 Å². The summed E-state index contributed by atoms with van der Waals surface area (Å²) in [6.45, 7) is 3.49. The minimum absolute atomic E-state index is 0.129. The highest BCUT2D eigenvalue weighted by Gasteiger charge is 2.36.